The monoisotopic (exact) mass is 398 g/mol. The molecule has 3 rings (SSSR count). The van der Waals surface area contributed by atoms with Crippen LogP contribution in [-0.2, 0) is 20.9 Å². The van der Waals surface area contributed by atoms with Crippen LogP contribution in [0.1, 0.15) is 34.8 Å². The summed E-state index contributed by atoms with van der Waals surface area (Å²) in [7, 11) is 0. The van der Waals surface area contributed by atoms with Gasteiger partial charge in [-0.3, -0.25) is 9.59 Å². The molecule has 146 valence electrons. The molecule has 2 amide bonds. The van der Waals surface area contributed by atoms with Crippen molar-refractivity contribution in [3.63, 3.8) is 0 Å². The lowest BCUT2D eigenvalue weighted by Gasteiger charge is -2.14. The number of hydrogen-bond acceptors (Lipinski definition) is 5. The maximum absolute atomic E-state index is 12.4. The summed E-state index contributed by atoms with van der Waals surface area (Å²) in [5, 5.41) is 5.55. The van der Waals surface area contributed by atoms with Crippen LogP contribution in [0.2, 0.25) is 0 Å². The molecule has 0 aromatic heterocycles. The largest absolute Gasteiger partial charge is 0.449 e. The minimum atomic E-state index is -0.930. The average molecular weight is 398 g/mol. The van der Waals surface area contributed by atoms with E-state index in [0.29, 0.717) is 30.0 Å². The molecule has 0 saturated carbocycles. The van der Waals surface area contributed by atoms with Crippen LogP contribution in [0.25, 0.3) is 0 Å². The number of anilines is 1. The zero-order valence-corrected chi connectivity index (χ0v) is 16.6. The second-order valence-corrected chi connectivity index (χ2v) is 7.75. The first kappa shape index (κ1) is 19.9. The number of aryl methyl sites for hydroxylation is 1. The normalized spacial score (nSPS) is 14.3. The Hall–Kier alpha value is -2.80. The summed E-state index contributed by atoms with van der Waals surface area (Å²) >= 11 is 1.56. The van der Waals surface area contributed by atoms with Gasteiger partial charge in [0.15, 0.2) is 6.10 Å². The summed E-state index contributed by atoms with van der Waals surface area (Å²) in [6, 6.07) is 12.8. The van der Waals surface area contributed by atoms with Gasteiger partial charge >= 0.3 is 5.97 Å². The van der Waals surface area contributed by atoms with E-state index in [2.05, 4.69) is 10.6 Å². The Labute approximate surface area is 168 Å². The fourth-order valence-corrected chi connectivity index (χ4v) is 3.60. The zero-order valence-electron chi connectivity index (χ0n) is 15.8. The van der Waals surface area contributed by atoms with Crippen molar-refractivity contribution in [2.75, 3.05) is 11.1 Å². The Morgan fingerprint density at radius 1 is 1.21 bits per heavy atom. The third-order valence-electron chi connectivity index (χ3n) is 4.32. The SMILES string of the molecule is Cc1ccc(CNC(=O)[C@H](C)OC(=O)c2ccc3c(c2)NC(=O)CCS3)cc1. The van der Waals surface area contributed by atoms with E-state index in [1.807, 2.05) is 31.2 Å². The molecule has 2 aromatic rings. The fraction of sp³-hybridized carbons (Fsp3) is 0.286. The van der Waals surface area contributed by atoms with E-state index in [1.165, 1.54) is 6.92 Å². The molecule has 1 atom stereocenters. The average Bonchev–Trinajstić information content (AvgIpc) is 2.86. The van der Waals surface area contributed by atoms with E-state index in [0.717, 1.165) is 16.0 Å². The van der Waals surface area contributed by atoms with Crippen LogP contribution in [0.4, 0.5) is 5.69 Å². The van der Waals surface area contributed by atoms with Gasteiger partial charge in [-0.1, -0.05) is 29.8 Å². The molecule has 2 aromatic carbocycles. The first-order valence-corrected chi connectivity index (χ1v) is 10.0. The molecule has 0 unspecified atom stereocenters. The summed E-state index contributed by atoms with van der Waals surface area (Å²) < 4.78 is 5.28. The molecule has 6 nitrogen and oxygen atoms in total. The van der Waals surface area contributed by atoms with Crippen LogP contribution in [0.3, 0.4) is 0 Å². The standard InChI is InChI=1S/C21H22N2O4S/c1-13-3-5-15(6-4-13)12-22-20(25)14(2)27-21(26)16-7-8-18-17(11-16)23-19(24)9-10-28-18/h3-8,11,14H,9-10,12H2,1-2H3,(H,22,25)(H,23,24)/t14-/m0/s1. The van der Waals surface area contributed by atoms with Gasteiger partial charge in [0.25, 0.3) is 5.91 Å². The van der Waals surface area contributed by atoms with Crippen molar-refractivity contribution in [3.8, 4) is 0 Å². The molecule has 7 heteroatoms. The number of carbonyl (C=O) groups excluding carboxylic acids is 3. The van der Waals surface area contributed by atoms with E-state index in [1.54, 1.807) is 30.0 Å². The quantitative estimate of drug-likeness (QED) is 0.755. The molecule has 0 fully saturated rings. The van der Waals surface area contributed by atoms with Crippen molar-refractivity contribution < 1.29 is 19.1 Å². The molecule has 1 heterocycles. The van der Waals surface area contributed by atoms with Gasteiger partial charge in [-0.2, -0.15) is 0 Å². The van der Waals surface area contributed by atoms with Gasteiger partial charge in [0.05, 0.1) is 11.3 Å². The summed E-state index contributed by atoms with van der Waals surface area (Å²) in [4.78, 5) is 37.2. The molecule has 0 radical (unpaired) electrons. The molecule has 0 saturated heterocycles. The van der Waals surface area contributed by atoms with Crippen molar-refractivity contribution in [2.24, 2.45) is 0 Å². The maximum Gasteiger partial charge on any atom is 0.338 e. The second kappa shape index (κ2) is 8.93. The number of carbonyl (C=O) groups is 3. The van der Waals surface area contributed by atoms with Gasteiger partial charge in [0.2, 0.25) is 5.91 Å². The molecule has 0 aliphatic carbocycles. The van der Waals surface area contributed by atoms with Crippen molar-refractivity contribution >= 4 is 35.2 Å². The Morgan fingerprint density at radius 3 is 2.71 bits per heavy atom. The highest BCUT2D eigenvalue weighted by molar-refractivity contribution is 7.99. The zero-order chi connectivity index (χ0) is 20.1. The van der Waals surface area contributed by atoms with Gasteiger partial charge in [-0.05, 0) is 37.6 Å². The number of rotatable bonds is 5. The van der Waals surface area contributed by atoms with Crippen LogP contribution in [-0.4, -0.2) is 29.6 Å². The summed E-state index contributed by atoms with van der Waals surface area (Å²) in [5.41, 5.74) is 3.00. The molecular formula is C21H22N2O4S. The summed E-state index contributed by atoms with van der Waals surface area (Å²) in [5.74, 6) is -0.363. The number of ether oxygens (including phenoxy) is 1. The van der Waals surface area contributed by atoms with Crippen LogP contribution < -0.4 is 10.6 Å². The van der Waals surface area contributed by atoms with Crippen LogP contribution in [0.5, 0.6) is 0 Å². The topological polar surface area (TPSA) is 84.5 Å². The summed E-state index contributed by atoms with van der Waals surface area (Å²) in [6.45, 7) is 3.89. The fourth-order valence-electron chi connectivity index (χ4n) is 2.67. The van der Waals surface area contributed by atoms with Crippen molar-refractivity contribution in [2.45, 2.75) is 37.8 Å². The minimum Gasteiger partial charge on any atom is -0.449 e. The highest BCUT2D eigenvalue weighted by Crippen LogP contribution is 2.31. The van der Waals surface area contributed by atoms with Crippen LogP contribution >= 0.6 is 11.8 Å². The highest BCUT2D eigenvalue weighted by atomic mass is 32.2. The number of esters is 1. The Bertz CT molecular complexity index is 896. The minimum absolute atomic E-state index is 0.0828. The first-order chi connectivity index (χ1) is 13.4. The van der Waals surface area contributed by atoms with Crippen molar-refractivity contribution in [1.29, 1.82) is 0 Å². The third-order valence-corrected chi connectivity index (χ3v) is 5.39. The van der Waals surface area contributed by atoms with Crippen LogP contribution in [0.15, 0.2) is 47.4 Å². The van der Waals surface area contributed by atoms with Gasteiger partial charge < -0.3 is 15.4 Å². The molecule has 28 heavy (non-hydrogen) atoms. The highest BCUT2D eigenvalue weighted by Gasteiger charge is 2.21. The number of nitrogens with one attached hydrogen (secondary N) is 2. The van der Waals surface area contributed by atoms with E-state index in [9.17, 15) is 14.4 Å². The lowest BCUT2D eigenvalue weighted by atomic mass is 10.1. The second-order valence-electron chi connectivity index (χ2n) is 6.61. The van der Waals surface area contributed by atoms with Gasteiger partial charge in [0, 0.05) is 23.6 Å². The number of amides is 2. The van der Waals surface area contributed by atoms with E-state index in [4.69, 9.17) is 4.74 Å². The first-order valence-electron chi connectivity index (χ1n) is 9.03. The maximum atomic E-state index is 12.4. The molecule has 0 bridgehead atoms. The Kier molecular flexibility index (Phi) is 6.36. The number of thioether (sulfide) groups is 1. The van der Waals surface area contributed by atoms with Gasteiger partial charge in [0.1, 0.15) is 0 Å². The predicted octanol–water partition coefficient (Wildman–Crippen LogP) is 3.29. The smallest absolute Gasteiger partial charge is 0.338 e. The van der Waals surface area contributed by atoms with Crippen molar-refractivity contribution in [1.82, 2.24) is 5.32 Å². The molecule has 2 N–H and O–H groups in total. The third kappa shape index (κ3) is 5.13. The molecule has 1 aliphatic heterocycles. The molecule has 1 aliphatic rings. The van der Waals surface area contributed by atoms with Gasteiger partial charge in [-0.25, -0.2) is 4.79 Å². The lowest BCUT2D eigenvalue weighted by Crippen LogP contribution is -2.35. The Balaban J connectivity index is 1.58. The lowest BCUT2D eigenvalue weighted by molar-refractivity contribution is -0.129. The predicted molar refractivity (Wildman–Crippen MR) is 108 cm³/mol. The Morgan fingerprint density at radius 2 is 1.96 bits per heavy atom. The van der Waals surface area contributed by atoms with E-state index >= 15 is 0 Å². The van der Waals surface area contributed by atoms with Gasteiger partial charge in [-0.15, -0.1) is 11.8 Å². The number of benzene rings is 2. The molecule has 0 spiro atoms. The van der Waals surface area contributed by atoms with Crippen LogP contribution in [0, 0.1) is 6.92 Å². The van der Waals surface area contributed by atoms with E-state index in [-0.39, 0.29) is 11.8 Å². The number of hydrogen-bond donors (Lipinski definition) is 2. The van der Waals surface area contributed by atoms with Crippen molar-refractivity contribution in [3.05, 3.63) is 59.2 Å². The van der Waals surface area contributed by atoms with E-state index < -0.39 is 12.1 Å². The number of fused-ring (bicyclic) bond motifs is 1. The summed E-state index contributed by atoms with van der Waals surface area (Å²) in [6.07, 6.45) is -0.502. The molecular weight excluding hydrogens is 376 g/mol.